The third-order valence-electron chi connectivity index (χ3n) is 2.55. The van der Waals surface area contributed by atoms with Crippen molar-refractivity contribution in [1.82, 2.24) is 0 Å². The summed E-state index contributed by atoms with van der Waals surface area (Å²) in [6, 6.07) is 5.67. The summed E-state index contributed by atoms with van der Waals surface area (Å²) in [5.74, 6) is 0. The summed E-state index contributed by atoms with van der Waals surface area (Å²) in [6.45, 7) is 0.682. The van der Waals surface area contributed by atoms with Gasteiger partial charge in [0.15, 0.2) is 9.84 Å². The molecular formula is C12H19NO2S2. The molecule has 0 bridgehead atoms. The number of thioether (sulfide) groups is 1. The summed E-state index contributed by atoms with van der Waals surface area (Å²) in [5, 5.41) is 0. The summed E-state index contributed by atoms with van der Waals surface area (Å²) in [7, 11) is -3.14. The fraction of sp³-hybridized carbons (Fsp3) is 0.500. The van der Waals surface area contributed by atoms with Crippen molar-refractivity contribution in [3.05, 3.63) is 23.8 Å². The summed E-state index contributed by atoms with van der Waals surface area (Å²) in [4.78, 5) is 1.25. The van der Waals surface area contributed by atoms with Crippen LogP contribution in [-0.2, 0) is 16.3 Å². The molecule has 0 aliphatic carbocycles. The molecule has 0 aliphatic heterocycles. The second-order valence-corrected chi connectivity index (χ2v) is 6.84. The second-order valence-electron chi connectivity index (χ2n) is 4.00. The van der Waals surface area contributed by atoms with Crippen LogP contribution in [0.15, 0.2) is 28.0 Å². The van der Waals surface area contributed by atoms with E-state index in [2.05, 4.69) is 0 Å². The molecule has 0 aromatic heterocycles. The largest absolute Gasteiger partial charge is 0.330 e. The molecule has 17 heavy (non-hydrogen) atoms. The van der Waals surface area contributed by atoms with Gasteiger partial charge in [-0.05, 0) is 49.8 Å². The Labute approximate surface area is 108 Å². The Morgan fingerprint density at radius 2 is 2.00 bits per heavy atom. The highest BCUT2D eigenvalue weighted by molar-refractivity contribution is 7.99. The van der Waals surface area contributed by atoms with Crippen LogP contribution < -0.4 is 5.73 Å². The van der Waals surface area contributed by atoms with Crippen molar-refractivity contribution < 1.29 is 8.42 Å². The van der Waals surface area contributed by atoms with E-state index in [0.717, 1.165) is 29.7 Å². The molecule has 3 nitrogen and oxygen atoms in total. The van der Waals surface area contributed by atoms with Crippen LogP contribution in [-0.4, -0.2) is 27.5 Å². The number of hydrogen-bond acceptors (Lipinski definition) is 4. The van der Waals surface area contributed by atoms with Crippen molar-refractivity contribution >= 4 is 21.6 Å². The van der Waals surface area contributed by atoms with Gasteiger partial charge < -0.3 is 5.73 Å². The maximum atomic E-state index is 11.7. The molecule has 1 aromatic rings. The minimum Gasteiger partial charge on any atom is -0.330 e. The van der Waals surface area contributed by atoms with Gasteiger partial charge in [0.1, 0.15) is 0 Å². The number of rotatable bonds is 6. The van der Waals surface area contributed by atoms with Gasteiger partial charge in [-0.15, -0.1) is 11.8 Å². The molecule has 0 radical (unpaired) electrons. The minimum absolute atomic E-state index is 0.440. The number of aryl methyl sites for hydroxylation is 1. The summed E-state index contributed by atoms with van der Waals surface area (Å²) in [6.07, 6.45) is 6.00. The fourth-order valence-corrected chi connectivity index (χ4v) is 3.61. The van der Waals surface area contributed by atoms with Crippen molar-refractivity contribution in [2.45, 2.75) is 29.1 Å². The first-order valence-corrected chi connectivity index (χ1v) is 8.67. The molecular weight excluding hydrogens is 254 g/mol. The van der Waals surface area contributed by atoms with E-state index in [1.807, 2.05) is 18.4 Å². The summed E-state index contributed by atoms with van der Waals surface area (Å²) >= 11 is 1.46. The van der Waals surface area contributed by atoms with Crippen LogP contribution in [0.25, 0.3) is 0 Å². The summed E-state index contributed by atoms with van der Waals surface area (Å²) in [5.41, 5.74) is 6.50. The van der Waals surface area contributed by atoms with Gasteiger partial charge in [-0.1, -0.05) is 6.07 Å². The van der Waals surface area contributed by atoms with E-state index in [0.29, 0.717) is 11.4 Å². The van der Waals surface area contributed by atoms with Gasteiger partial charge in [0.25, 0.3) is 0 Å². The van der Waals surface area contributed by atoms with Crippen LogP contribution in [0.2, 0.25) is 0 Å². The van der Waals surface area contributed by atoms with E-state index in [-0.39, 0.29) is 0 Å². The van der Waals surface area contributed by atoms with E-state index in [1.165, 1.54) is 18.0 Å². The maximum absolute atomic E-state index is 11.7. The van der Waals surface area contributed by atoms with E-state index in [1.54, 1.807) is 6.07 Å². The topological polar surface area (TPSA) is 60.2 Å². The molecule has 0 heterocycles. The number of unbranched alkanes of at least 4 members (excludes halogenated alkanes) is 1. The van der Waals surface area contributed by atoms with Crippen molar-refractivity contribution in [2.24, 2.45) is 5.73 Å². The van der Waals surface area contributed by atoms with Crippen molar-refractivity contribution in [2.75, 3.05) is 19.1 Å². The van der Waals surface area contributed by atoms with Crippen LogP contribution in [0.5, 0.6) is 0 Å². The lowest BCUT2D eigenvalue weighted by atomic mass is 10.1. The molecule has 0 fully saturated rings. The Morgan fingerprint density at radius 3 is 2.53 bits per heavy atom. The Hall–Kier alpha value is -0.520. The zero-order valence-electron chi connectivity index (χ0n) is 10.3. The zero-order valence-corrected chi connectivity index (χ0v) is 11.9. The molecule has 0 atom stereocenters. The van der Waals surface area contributed by atoms with Crippen LogP contribution >= 0.6 is 11.8 Å². The standard InChI is InChI=1S/C12H19NO2S2/c1-16-11-7-6-10(5-3-4-8-13)9-12(11)17(2,14)15/h6-7,9H,3-5,8,13H2,1-2H3. The average molecular weight is 273 g/mol. The first kappa shape index (κ1) is 14.5. The fourth-order valence-electron chi connectivity index (χ4n) is 1.64. The molecule has 5 heteroatoms. The van der Waals surface area contributed by atoms with E-state index >= 15 is 0 Å². The van der Waals surface area contributed by atoms with E-state index < -0.39 is 9.84 Å². The monoisotopic (exact) mass is 273 g/mol. The highest BCUT2D eigenvalue weighted by Crippen LogP contribution is 2.26. The lowest BCUT2D eigenvalue weighted by molar-refractivity contribution is 0.599. The minimum atomic E-state index is -3.14. The predicted octanol–water partition coefficient (Wildman–Crippen LogP) is 2.09. The van der Waals surface area contributed by atoms with E-state index in [4.69, 9.17) is 5.73 Å². The highest BCUT2D eigenvalue weighted by Gasteiger charge is 2.13. The van der Waals surface area contributed by atoms with Crippen molar-refractivity contribution in [1.29, 1.82) is 0 Å². The maximum Gasteiger partial charge on any atom is 0.176 e. The molecule has 0 unspecified atom stereocenters. The SMILES string of the molecule is CSc1ccc(CCCCN)cc1S(C)(=O)=O. The average Bonchev–Trinajstić information content (AvgIpc) is 2.28. The third kappa shape index (κ3) is 4.33. The van der Waals surface area contributed by atoms with Gasteiger partial charge in [-0.25, -0.2) is 8.42 Å². The van der Waals surface area contributed by atoms with Gasteiger partial charge in [0, 0.05) is 11.2 Å². The third-order valence-corrected chi connectivity index (χ3v) is 4.61. The van der Waals surface area contributed by atoms with Crippen LogP contribution in [0, 0.1) is 0 Å². The molecule has 1 aromatic carbocycles. The molecule has 0 aliphatic rings. The Morgan fingerprint density at radius 1 is 1.29 bits per heavy atom. The van der Waals surface area contributed by atoms with Gasteiger partial charge >= 0.3 is 0 Å². The number of sulfone groups is 1. The zero-order chi connectivity index (χ0) is 12.9. The van der Waals surface area contributed by atoms with Gasteiger partial charge in [0.2, 0.25) is 0 Å². The Balaban J connectivity index is 2.97. The number of nitrogens with two attached hydrogens (primary N) is 1. The first-order chi connectivity index (χ1) is 7.99. The number of hydrogen-bond donors (Lipinski definition) is 1. The quantitative estimate of drug-likeness (QED) is 0.637. The Bertz CT molecular complexity index is 469. The first-order valence-electron chi connectivity index (χ1n) is 5.56. The predicted molar refractivity (Wildman–Crippen MR) is 73.3 cm³/mol. The lowest BCUT2D eigenvalue weighted by Crippen LogP contribution is -2.02. The molecule has 0 saturated heterocycles. The highest BCUT2D eigenvalue weighted by atomic mass is 32.2. The van der Waals surface area contributed by atoms with E-state index in [9.17, 15) is 8.42 Å². The normalized spacial score (nSPS) is 11.7. The summed E-state index contributed by atoms with van der Waals surface area (Å²) < 4.78 is 23.3. The second kappa shape index (κ2) is 6.42. The van der Waals surface area contributed by atoms with Crippen molar-refractivity contribution in [3.8, 4) is 0 Å². The van der Waals surface area contributed by atoms with Crippen LogP contribution in [0.4, 0.5) is 0 Å². The Kier molecular flexibility index (Phi) is 5.49. The molecule has 0 amide bonds. The smallest absolute Gasteiger partial charge is 0.176 e. The van der Waals surface area contributed by atoms with Crippen LogP contribution in [0.3, 0.4) is 0 Å². The molecule has 1 rings (SSSR count). The molecule has 0 spiro atoms. The lowest BCUT2D eigenvalue weighted by Gasteiger charge is -2.08. The molecule has 0 saturated carbocycles. The molecule has 96 valence electrons. The van der Waals surface area contributed by atoms with Gasteiger partial charge in [-0.3, -0.25) is 0 Å². The van der Waals surface area contributed by atoms with Crippen LogP contribution in [0.1, 0.15) is 18.4 Å². The van der Waals surface area contributed by atoms with Gasteiger partial charge in [0.05, 0.1) is 4.90 Å². The number of benzene rings is 1. The van der Waals surface area contributed by atoms with Gasteiger partial charge in [-0.2, -0.15) is 0 Å². The molecule has 2 N–H and O–H groups in total. The van der Waals surface area contributed by atoms with Crippen molar-refractivity contribution in [3.63, 3.8) is 0 Å².